The molecule has 4 heteroatoms. The van der Waals surface area contributed by atoms with Gasteiger partial charge in [0.1, 0.15) is 5.69 Å². The molecule has 0 radical (unpaired) electrons. The number of hydrogen-bond acceptors (Lipinski definition) is 3. The molecule has 2 N–H and O–H groups in total. The number of nitrogen functional groups attached to an aromatic ring is 1. The summed E-state index contributed by atoms with van der Waals surface area (Å²) in [7, 11) is 1.92. The Hall–Kier alpha value is -1.84. The maximum atomic E-state index is 5.87. The predicted octanol–water partition coefficient (Wildman–Crippen LogP) is 1.37. The summed E-state index contributed by atoms with van der Waals surface area (Å²) >= 11 is 0. The van der Waals surface area contributed by atoms with E-state index in [0.717, 1.165) is 17.1 Å². The van der Waals surface area contributed by atoms with Crippen molar-refractivity contribution in [1.29, 1.82) is 0 Å². The molecule has 0 saturated heterocycles. The average Bonchev–Trinajstić information content (AvgIpc) is 2.52. The molecule has 0 amide bonds. The lowest BCUT2D eigenvalue weighted by Gasteiger charge is -2.04. The van der Waals surface area contributed by atoms with Gasteiger partial charge in [0, 0.05) is 25.6 Å². The Labute approximate surface area is 82.4 Å². The van der Waals surface area contributed by atoms with Crippen molar-refractivity contribution >= 4 is 5.69 Å². The lowest BCUT2D eigenvalue weighted by molar-refractivity contribution is 0.918. The fourth-order valence-corrected chi connectivity index (χ4v) is 1.37. The first-order chi connectivity index (χ1) is 6.68. The van der Waals surface area contributed by atoms with Gasteiger partial charge in [-0.25, -0.2) is 4.98 Å². The Morgan fingerprint density at radius 3 is 2.71 bits per heavy atom. The molecule has 0 aromatic carbocycles. The molecule has 0 aliphatic rings. The standard InChI is InChI=1S/C10H12N4/c1-7-5-8(11)9(13-6-7)10-12-3-4-14(10)2/h3-6H,11H2,1-2H3. The molecule has 2 heterocycles. The van der Waals surface area contributed by atoms with Gasteiger partial charge in [-0.15, -0.1) is 0 Å². The monoisotopic (exact) mass is 188 g/mol. The zero-order valence-corrected chi connectivity index (χ0v) is 8.23. The van der Waals surface area contributed by atoms with Gasteiger partial charge >= 0.3 is 0 Å². The van der Waals surface area contributed by atoms with Crippen LogP contribution in [0.25, 0.3) is 11.5 Å². The van der Waals surface area contributed by atoms with Crippen LogP contribution in [0.3, 0.4) is 0 Å². The summed E-state index contributed by atoms with van der Waals surface area (Å²) in [5.41, 5.74) is 8.33. The van der Waals surface area contributed by atoms with E-state index in [0.29, 0.717) is 5.69 Å². The first-order valence-electron chi connectivity index (χ1n) is 4.38. The third-order valence-corrected chi connectivity index (χ3v) is 2.09. The molecule has 0 atom stereocenters. The van der Waals surface area contributed by atoms with Gasteiger partial charge in [0.25, 0.3) is 0 Å². The Morgan fingerprint density at radius 2 is 2.14 bits per heavy atom. The Morgan fingerprint density at radius 1 is 1.36 bits per heavy atom. The van der Waals surface area contributed by atoms with E-state index in [2.05, 4.69) is 9.97 Å². The largest absolute Gasteiger partial charge is 0.397 e. The van der Waals surface area contributed by atoms with E-state index in [1.807, 2.05) is 30.8 Å². The minimum Gasteiger partial charge on any atom is -0.397 e. The lowest BCUT2D eigenvalue weighted by atomic mass is 10.2. The fraction of sp³-hybridized carbons (Fsp3) is 0.200. The summed E-state index contributed by atoms with van der Waals surface area (Å²) < 4.78 is 1.90. The number of rotatable bonds is 1. The Bertz CT molecular complexity index is 459. The number of aryl methyl sites for hydroxylation is 2. The maximum Gasteiger partial charge on any atom is 0.160 e. The predicted molar refractivity (Wildman–Crippen MR) is 55.6 cm³/mol. The normalized spacial score (nSPS) is 10.4. The van der Waals surface area contributed by atoms with Gasteiger partial charge < -0.3 is 10.3 Å². The van der Waals surface area contributed by atoms with Crippen LogP contribution in [0.15, 0.2) is 24.7 Å². The molecule has 2 aromatic heterocycles. The van der Waals surface area contributed by atoms with E-state index >= 15 is 0 Å². The highest BCUT2D eigenvalue weighted by molar-refractivity contribution is 5.67. The lowest BCUT2D eigenvalue weighted by Crippen LogP contribution is -1.99. The van der Waals surface area contributed by atoms with Crippen molar-refractivity contribution in [1.82, 2.24) is 14.5 Å². The summed E-state index contributed by atoms with van der Waals surface area (Å²) in [6, 6.07) is 1.90. The van der Waals surface area contributed by atoms with E-state index in [1.165, 1.54) is 0 Å². The summed E-state index contributed by atoms with van der Waals surface area (Å²) in [5.74, 6) is 0.794. The minimum atomic E-state index is 0.666. The van der Waals surface area contributed by atoms with Crippen molar-refractivity contribution < 1.29 is 0 Å². The molecule has 0 aliphatic carbocycles. The summed E-state index contributed by atoms with van der Waals surface area (Å²) in [6.07, 6.45) is 5.40. The topological polar surface area (TPSA) is 56.7 Å². The van der Waals surface area contributed by atoms with Crippen LogP contribution in [-0.2, 0) is 7.05 Å². The molecule has 0 aliphatic heterocycles. The molecule has 0 fully saturated rings. The van der Waals surface area contributed by atoms with Crippen LogP contribution in [-0.4, -0.2) is 14.5 Å². The molecular weight excluding hydrogens is 176 g/mol. The molecule has 72 valence electrons. The number of nitrogens with two attached hydrogens (primary N) is 1. The highest BCUT2D eigenvalue weighted by Gasteiger charge is 2.08. The van der Waals surface area contributed by atoms with Gasteiger partial charge in [0.2, 0.25) is 0 Å². The number of pyridine rings is 1. The SMILES string of the molecule is Cc1cnc(-c2nccn2C)c(N)c1. The van der Waals surface area contributed by atoms with Crippen LogP contribution in [0.1, 0.15) is 5.56 Å². The molecule has 0 saturated carbocycles. The Kier molecular flexibility index (Phi) is 1.96. The van der Waals surface area contributed by atoms with Crippen molar-refractivity contribution in [3.8, 4) is 11.5 Å². The minimum absolute atomic E-state index is 0.666. The van der Waals surface area contributed by atoms with Crippen molar-refractivity contribution in [3.63, 3.8) is 0 Å². The fourth-order valence-electron chi connectivity index (χ4n) is 1.37. The highest BCUT2D eigenvalue weighted by atomic mass is 15.1. The van der Waals surface area contributed by atoms with Crippen molar-refractivity contribution in [2.75, 3.05) is 5.73 Å². The zero-order valence-electron chi connectivity index (χ0n) is 8.23. The van der Waals surface area contributed by atoms with Crippen molar-refractivity contribution in [2.24, 2.45) is 7.05 Å². The molecular formula is C10H12N4. The van der Waals surface area contributed by atoms with Crippen LogP contribution in [0.5, 0.6) is 0 Å². The van der Waals surface area contributed by atoms with Gasteiger partial charge in [-0.05, 0) is 18.6 Å². The van der Waals surface area contributed by atoms with Crippen LogP contribution >= 0.6 is 0 Å². The first-order valence-corrected chi connectivity index (χ1v) is 4.38. The van der Waals surface area contributed by atoms with Crippen LogP contribution < -0.4 is 5.73 Å². The highest BCUT2D eigenvalue weighted by Crippen LogP contribution is 2.21. The first kappa shape index (κ1) is 8.74. The number of imidazole rings is 1. The van der Waals surface area contributed by atoms with E-state index < -0.39 is 0 Å². The summed E-state index contributed by atoms with van der Waals surface area (Å²) in [5, 5.41) is 0. The molecule has 4 nitrogen and oxygen atoms in total. The van der Waals surface area contributed by atoms with Crippen LogP contribution in [0, 0.1) is 6.92 Å². The van der Waals surface area contributed by atoms with Gasteiger partial charge in [-0.1, -0.05) is 0 Å². The molecule has 14 heavy (non-hydrogen) atoms. The maximum absolute atomic E-state index is 5.87. The van der Waals surface area contributed by atoms with E-state index in [1.54, 1.807) is 12.4 Å². The molecule has 0 unspecified atom stereocenters. The van der Waals surface area contributed by atoms with Crippen LogP contribution in [0.2, 0.25) is 0 Å². The molecule has 2 rings (SSSR count). The second kappa shape index (κ2) is 3.14. The molecule has 2 aromatic rings. The smallest absolute Gasteiger partial charge is 0.160 e. The summed E-state index contributed by atoms with van der Waals surface area (Å²) in [4.78, 5) is 8.47. The zero-order chi connectivity index (χ0) is 10.1. The van der Waals surface area contributed by atoms with Gasteiger partial charge in [0.05, 0.1) is 5.69 Å². The molecule has 0 spiro atoms. The third-order valence-electron chi connectivity index (χ3n) is 2.09. The van der Waals surface area contributed by atoms with Gasteiger partial charge in [-0.3, -0.25) is 4.98 Å². The average molecular weight is 188 g/mol. The summed E-state index contributed by atoms with van der Waals surface area (Å²) in [6.45, 7) is 1.96. The van der Waals surface area contributed by atoms with E-state index in [-0.39, 0.29) is 0 Å². The number of anilines is 1. The van der Waals surface area contributed by atoms with E-state index in [4.69, 9.17) is 5.73 Å². The second-order valence-corrected chi connectivity index (χ2v) is 3.31. The third kappa shape index (κ3) is 1.35. The van der Waals surface area contributed by atoms with Crippen molar-refractivity contribution in [2.45, 2.75) is 6.92 Å². The van der Waals surface area contributed by atoms with Crippen LogP contribution in [0.4, 0.5) is 5.69 Å². The van der Waals surface area contributed by atoms with E-state index in [9.17, 15) is 0 Å². The van der Waals surface area contributed by atoms with Gasteiger partial charge in [-0.2, -0.15) is 0 Å². The number of aromatic nitrogens is 3. The van der Waals surface area contributed by atoms with Crippen molar-refractivity contribution in [3.05, 3.63) is 30.2 Å². The second-order valence-electron chi connectivity index (χ2n) is 3.31. The number of hydrogen-bond donors (Lipinski definition) is 1. The quantitative estimate of drug-likeness (QED) is 0.735. The molecule has 0 bridgehead atoms. The Balaban J connectivity index is 2.58. The number of nitrogens with zero attached hydrogens (tertiary/aromatic N) is 3. The van der Waals surface area contributed by atoms with Gasteiger partial charge in [0.15, 0.2) is 5.82 Å².